The maximum absolute atomic E-state index is 11.4. The van der Waals surface area contributed by atoms with Gasteiger partial charge in [-0.3, -0.25) is 4.79 Å². The maximum atomic E-state index is 11.4. The Morgan fingerprint density at radius 2 is 1.14 bits per heavy atom. The number of hydrogen-bond acceptors (Lipinski definition) is 3. The molecule has 22 heavy (non-hydrogen) atoms. The van der Waals surface area contributed by atoms with E-state index in [4.69, 9.17) is 0 Å². The molecule has 1 aliphatic rings. The van der Waals surface area contributed by atoms with Crippen LogP contribution in [0.15, 0.2) is 72.8 Å². The Kier molecular flexibility index (Phi) is 3.79. The van der Waals surface area contributed by atoms with Gasteiger partial charge in [-0.25, -0.2) is 0 Å². The number of allylic oxidation sites excluding steroid dienone is 4. The summed E-state index contributed by atoms with van der Waals surface area (Å²) in [5, 5.41) is 19.0. The average Bonchev–Trinajstić information content (AvgIpc) is 2.53. The molecule has 2 aromatic carbocycles. The summed E-state index contributed by atoms with van der Waals surface area (Å²) in [5.74, 6) is 0.497. The van der Waals surface area contributed by atoms with Gasteiger partial charge in [0, 0.05) is 11.8 Å². The first-order valence-corrected chi connectivity index (χ1v) is 7.12. The quantitative estimate of drug-likeness (QED) is 0.909. The molecule has 1 aliphatic carbocycles. The van der Waals surface area contributed by atoms with Crippen LogP contribution in [0.4, 0.5) is 0 Å². The number of ketones is 1. The predicted octanol–water partition coefficient (Wildman–Crippen LogP) is 3.54. The molecule has 0 heterocycles. The second kappa shape index (κ2) is 5.90. The molecule has 3 nitrogen and oxygen atoms in total. The summed E-state index contributed by atoms with van der Waals surface area (Å²) < 4.78 is 0. The monoisotopic (exact) mass is 292 g/mol. The fourth-order valence-electron chi connectivity index (χ4n) is 2.75. The fourth-order valence-corrected chi connectivity index (χ4v) is 2.75. The number of phenolic OH excluding ortho intramolecular Hbond substituents is 2. The Morgan fingerprint density at radius 1 is 0.727 bits per heavy atom. The summed E-state index contributed by atoms with van der Waals surface area (Å²) in [5.41, 5.74) is 2.08. The zero-order chi connectivity index (χ0) is 15.5. The number of phenols is 2. The highest BCUT2D eigenvalue weighted by Gasteiger charge is 2.23. The van der Waals surface area contributed by atoms with E-state index in [9.17, 15) is 15.0 Å². The molecule has 0 aromatic heterocycles. The Balaban J connectivity index is 2.03. The van der Waals surface area contributed by atoms with Crippen LogP contribution in [0.1, 0.15) is 17.0 Å². The molecular weight excluding hydrogens is 276 g/mol. The summed E-state index contributed by atoms with van der Waals surface area (Å²) in [7, 11) is 0. The number of hydrogen-bond donors (Lipinski definition) is 2. The average molecular weight is 292 g/mol. The molecule has 0 unspecified atom stereocenters. The Labute approximate surface area is 128 Å². The van der Waals surface area contributed by atoms with Gasteiger partial charge in [-0.05, 0) is 47.5 Å². The maximum Gasteiger partial charge on any atom is 0.178 e. The molecule has 0 atom stereocenters. The van der Waals surface area contributed by atoms with Crippen molar-refractivity contribution in [2.75, 3.05) is 0 Å². The van der Waals surface area contributed by atoms with Crippen molar-refractivity contribution in [1.29, 1.82) is 0 Å². The molecule has 0 saturated heterocycles. The van der Waals surface area contributed by atoms with Crippen molar-refractivity contribution in [2.45, 2.75) is 5.92 Å². The normalized spacial score (nSPS) is 14.7. The van der Waals surface area contributed by atoms with E-state index in [1.807, 2.05) is 36.4 Å². The first-order chi connectivity index (χ1) is 10.6. The predicted molar refractivity (Wildman–Crippen MR) is 84.8 cm³/mol. The van der Waals surface area contributed by atoms with Crippen LogP contribution in [-0.4, -0.2) is 16.0 Å². The third-order valence-electron chi connectivity index (χ3n) is 3.85. The largest absolute Gasteiger partial charge is 0.508 e. The number of carbonyl (C=O) groups excluding carboxylic acids is 1. The van der Waals surface area contributed by atoms with Gasteiger partial charge in [0.1, 0.15) is 11.5 Å². The lowest BCUT2D eigenvalue weighted by molar-refractivity contribution is -0.110. The van der Waals surface area contributed by atoms with E-state index in [0.717, 1.165) is 11.1 Å². The van der Waals surface area contributed by atoms with Gasteiger partial charge in [-0.15, -0.1) is 0 Å². The molecule has 110 valence electrons. The highest BCUT2D eigenvalue weighted by Crippen LogP contribution is 2.36. The molecule has 0 radical (unpaired) electrons. The van der Waals surface area contributed by atoms with E-state index in [1.165, 1.54) is 0 Å². The minimum absolute atomic E-state index is 0.00795. The zero-order valence-corrected chi connectivity index (χ0v) is 11.9. The van der Waals surface area contributed by atoms with E-state index in [0.29, 0.717) is 0 Å². The number of carbonyl (C=O) groups is 1. The van der Waals surface area contributed by atoms with Crippen molar-refractivity contribution in [3.8, 4) is 11.5 Å². The lowest BCUT2D eigenvalue weighted by Crippen LogP contribution is -2.13. The molecule has 0 spiro atoms. The van der Waals surface area contributed by atoms with Crippen LogP contribution in [0, 0.1) is 5.92 Å². The molecular formula is C19H16O3. The molecule has 0 bridgehead atoms. The van der Waals surface area contributed by atoms with Crippen molar-refractivity contribution in [3.63, 3.8) is 0 Å². The second-order valence-electron chi connectivity index (χ2n) is 5.36. The molecule has 2 N–H and O–H groups in total. The van der Waals surface area contributed by atoms with Crippen LogP contribution < -0.4 is 0 Å². The summed E-state index contributed by atoms with van der Waals surface area (Å²) in [6.07, 6.45) is 6.95. The minimum atomic E-state index is -0.00795. The van der Waals surface area contributed by atoms with E-state index < -0.39 is 0 Å². The van der Waals surface area contributed by atoms with Crippen molar-refractivity contribution < 1.29 is 15.0 Å². The number of benzene rings is 2. The summed E-state index contributed by atoms with van der Waals surface area (Å²) in [6, 6.07) is 14.1. The van der Waals surface area contributed by atoms with Crippen molar-refractivity contribution in [1.82, 2.24) is 0 Å². The molecule has 0 saturated carbocycles. The van der Waals surface area contributed by atoms with E-state index >= 15 is 0 Å². The van der Waals surface area contributed by atoms with Crippen LogP contribution >= 0.6 is 0 Å². The van der Waals surface area contributed by atoms with E-state index in [2.05, 4.69) is 0 Å². The highest BCUT2D eigenvalue weighted by molar-refractivity contribution is 6.00. The lowest BCUT2D eigenvalue weighted by Gasteiger charge is -2.25. The van der Waals surface area contributed by atoms with Crippen LogP contribution in [-0.2, 0) is 4.79 Å². The Hall–Kier alpha value is -2.81. The van der Waals surface area contributed by atoms with Crippen molar-refractivity contribution in [3.05, 3.63) is 84.0 Å². The van der Waals surface area contributed by atoms with Gasteiger partial charge in [0.2, 0.25) is 0 Å². The fraction of sp³-hybridized carbons (Fsp3) is 0.105. The molecule has 0 amide bonds. The molecule has 0 fully saturated rings. The van der Waals surface area contributed by atoms with Crippen LogP contribution in [0.25, 0.3) is 0 Å². The number of aromatic hydroxyl groups is 2. The van der Waals surface area contributed by atoms with E-state index in [-0.39, 0.29) is 29.1 Å². The van der Waals surface area contributed by atoms with Gasteiger partial charge in [0.15, 0.2) is 5.78 Å². The zero-order valence-electron chi connectivity index (χ0n) is 11.9. The third kappa shape index (κ3) is 2.93. The summed E-state index contributed by atoms with van der Waals surface area (Å²) >= 11 is 0. The first-order valence-electron chi connectivity index (χ1n) is 7.12. The molecule has 3 rings (SSSR count). The van der Waals surface area contributed by atoms with Crippen LogP contribution in [0.3, 0.4) is 0 Å². The van der Waals surface area contributed by atoms with Gasteiger partial charge in [0.05, 0.1) is 0 Å². The van der Waals surface area contributed by atoms with Gasteiger partial charge in [0.25, 0.3) is 0 Å². The van der Waals surface area contributed by atoms with Crippen LogP contribution in [0.5, 0.6) is 11.5 Å². The minimum Gasteiger partial charge on any atom is -0.508 e. The van der Waals surface area contributed by atoms with Crippen molar-refractivity contribution >= 4 is 5.78 Å². The van der Waals surface area contributed by atoms with Crippen molar-refractivity contribution in [2.24, 2.45) is 5.92 Å². The highest BCUT2D eigenvalue weighted by atomic mass is 16.3. The Bertz CT molecular complexity index is 663. The molecule has 2 aromatic rings. The van der Waals surface area contributed by atoms with Gasteiger partial charge in [-0.2, -0.15) is 0 Å². The van der Waals surface area contributed by atoms with E-state index in [1.54, 1.807) is 36.4 Å². The summed E-state index contributed by atoms with van der Waals surface area (Å²) in [4.78, 5) is 11.4. The van der Waals surface area contributed by atoms with Crippen LogP contribution in [0.2, 0.25) is 0 Å². The Morgan fingerprint density at radius 3 is 1.55 bits per heavy atom. The SMILES string of the molecule is O=C1C=CC(C(c2ccc(O)cc2)c2ccc(O)cc2)C=C1. The van der Waals surface area contributed by atoms with Gasteiger partial charge < -0.3 is 10.2 Å². The molecule has 3 heteroatoms. The first kappa shape index (κ1) is 14.1. The van der Waals surface area contributed by atoms with Gasteiger partial charge >= 0.3 is 0 Å². The standard InChI is InChI=1S/C19H16O3/c20-16-7-1-13(2-8-16)19(14-3-9-17(21)10-4-14)15-5-11-18(22)12-6-15/h1-13,19,21-22H. The summed E-state index contributed by atoms with van der Waals surface area (Å²) in [6.45, 7) is 0. The topological polar surface area (TPSA) is 57.5 Å². The number of rotatable bonds is 3. The molecule has 0 aliphatic heterocycles. The third-order valence-corrected chi connectivity index (χ3v) is 3.85. The second-order valence-corrected chi connectivity index (χ2v) is 5.36. The lowest BCUT2D eigenvalue weighted by atomic mass is 9.79. The van der Waals surface area contributed by atoms with Gasteiger partial charge in [-0.1, -0.05) is 36.4 Å². The smallest absolute Gasteiger partial charge is 0.178 e.